The number of aryl methyl sites for hydroxylation is 1. The van der Waals surface area contributed by atoms with Crippen LogP contribution in [0.25, 0.3) is 0 Å². The van der Waals surface area contributed by atoms with Gasteiger partial charge in [0, 0.05) is 0 Å². The second-order valence-corrected chi connectivity index (χ2v) is 8.76. The number of nitrogens with zero attached hydrogens (tertiary/aromatic N) is 2. The Morgan fingerprint density at radius 2 is 1.58 bits per heavy atom. The van der Waals surface area contributed by atoms with Crippen LogP contribution in [0.15, 0.2) is 88.9 Å². The molecule has 6 nitrogen and oxygen atoms in total. The maximum absolute atomic E-state index is 13.2. The summed E-state index contributed by atoms with van der Waals surface area (Å²) in [5, 5.41) is 4.01. The normalized spacial score (nSPS) is 11.8. The third kappa shape index (κ3) is 5.55. The number of amides is 1. The summed E-state index contributed by atoms with van der Waals surface area (Å²) in [5.41, 5.74) is 4.80. The zero-order valence-electron chi connectivity index (χ0n) is 17.1. The molecule has 0 aromatic heterocycles. The quantitative estimate of drug-likeness (QED) is 0.448. The minimum Gasteiger partial charge on any atom is -0.271 e. The Kier molecular flexibility index (Phi) is 6.81. The van der Waals surface area contributed by atoms with Crippen LogP contribution in [0.4, 0.5) is 10.1 Å². The molecule has 8 heteroatoms. The van der Waals surface area contributed by atoms with Crippen molar-refractivity contribution in [2.24, 2.45) is 5.10 Å². The molecule has 0 saturated carbocycles. The van der Waals surface area contributed by atoms with Gasteiger partial charge in [-0.2, -0.15) is 5.10 Å². The number of carbonyl (C=O) groups excluding carboxylic acids is 1. The van der Waals surface area contributed by atoms with Gasteiger partial charge in [0.05, 0.1) is 16.3 Å². The highest BCUT2D eigenvalue weighted by molar-refractivity contribution is 7.92. The molecule has 31 heavy (non-hydrogen) atoms. The van der Waals surface area contributed by atoms with E-state index in [1.165, 1.54) is 24.3 Å². The number of rotatable bonds is 7. The number of anilines is 1. The minimum absolute atomic E-state index is 0.0781. The summed E-state index contributed by atoms with van der Waals surface area (Å²) in [5.74, 6) is -0.984. The fourth-order valence-electron chi connectivity index (χ4n) is 2.81. The molecule has 0 heterocycles. The number of hydrogen-bond acceptors (Lipinski definition) is 4. The molecule has 0 unspecified atom stereocenters. The molecular weight excluding hydrogens is 417 g/mol. The highest BCUT2D eigenvalue weighted by atomic mass is 32.2. The van der Waals surface area contributed by atoms with Crippen LogP contribution >= 0.6 is 0 Å². The van der Waals surface area contributed by atoms with E-state index in [-0.39, 0.29) is 10.7 Å². The lowest BCUT2D eigenvalue weighted by molar-refractivity contribution is -0.119. The first-order valence-corrected chi connectivity index (χ1v) is 10.9. The van der Waals surface area contributed by atoms with E-state index in [4.69, 9.17) is 0 Å². The molecule has 0 aliphatic heterocycles. The Morgan fingerprint density at radius 1 is 0.968 bits per heavy atom. The van der Waals surface area contributed by atoms with Crippen molar-refractivity contribution in [2.45, 2.75) is 18.7 Å². The minimum atomic E-state index is -3.98. The lowest BCUT2D eigenvalue weighted by atomic mass is 10.1. The summed E-state index contributed by atoms with van der Waals surface area (Å²) in [4.78, 5) is 12.7. The molecule has 0 aliphatic carbocycles. The van der Waals surface area contributed by atoms with Crippen molar-refractivity contribution in [1.82, 2.24) is 5.43 Å². The molecule has 1 amide bonds. The van der Waals surface area contributed by atoms with E-state index in [1.54, 1.807) is 61.5 Å². The Balaban J connectivity index is 1.84. The molecule has 160 valence electrons. The number of nitrogens with one attached hydrogen (secondary N) is 1. The molecule has 0 radical (unpaired) electrons. The third-order valence-electron chi connectivity index (χ3n) is 4.55. The second kappa shape index (κ2) is 9.53. The topological polar surface area (TPSA) is 78.8 Å². The second-order valence-electron chi connectivity index (χ2n) is 6.90. The predicted octanol–water partition coefficient (Wildman–Crippen LogP) is 3.87. The van der Waals surface area contributed by atoms with Crippen LogP contribution < -0.4 is 9.73 Å². The van der Waals surface area contributed by atoms with Gasteiger partial charge in [-0.15, -0.1) is 0 Å². The number of hydrogen-bond donors (Lipinski definition) is 1. The highest BCUT2D eigenvalue weighted by Gasteiger charge is 2.27. The van der Waals surface area contributed by atoms with Gasteiger partial charge in [0.25, 0.3) is 15.9 Å². The fourth-order valence-corrected chi connectivity index (χ4v) is 4.26. The Hall–Kier alpha value is -3.52. The Bertz CT molecular complexity index is 1180. The molecule has 0 aliphatic rings. The number of hydrazone groups is 1. The summed E-state index contributed by atoms with van der Waals surface area (Å²) in [6.45, 7) is 3.09. The summed E-state index contributed by atoms with van der Waals surface area (Å²) in [7, 11) is -3.98. The van der Waals surface area contributed by atoms with Gasteiger partial charge in [-0.25, -0.2) is 18.2 Å². The van der Waals surface area contributed by atoms with Crippen LogP contribution in [0.2, 0.25) is 0 Å². The van der Waals surface area contributed by atoms with E-state index in [1.807, 2.05) is 6.92 Å². The van der Waals surface area contributed by atoms with E-state index in [9.17, 15) is 17.6 Å². The number of benzene rings is 3. The first-order valence-electron chi connectivity index (χ1n) is 9.51. The van der Waals surface area contributed by atoms with Crippen molar-refractivity contribution >= 4 is 27.3 Å². The highest BCUT2D eigenvalue weighted by Crippen LogP contribution is 2.23. The predicted molar refractivity (Wildman–Crippen MR) is 119 cm³/mol. The molecule has 3 aromatic rings. The first-order chi connectivity index (χ1) is 14.8. The van der Waals surface area contributed by atoms with E-state index < -0.39 is 22.5 Å². The third-order valence-corrected chi connectivity index (χ3v) is 6.34. The van der Waals surface area contributed by atoms with Crippen LogP contribution in [0.3, 0.4) is 0 Å². The number of halogens is 1. The SMILES string of the molecule is C/C(=N\NC(=O)CN(c1ccc(C)cc1)S(=O)(=O)c1ccccc1)c1ccc(F)cc1. The first kappa shape index (κ1) is 22.2. The van der Waals surface area contributed by atoms with Gasteiger partial charge in [-0.3, -0.25) is 9.10 Å². The molecule has 3 aromatic carbocycles. The van der Waals surface area contributed by atoms with Gasteiger partial charge in [-0.1, -0.05) is 48.0 Å². The Labute approximate surface area is 181 Å². The average Bonchev–Trinajstić information content (AvgIpc) is 2.77. The van der Waals surface area contributed by atoms with Crippen molar-refractivity contribution in [2.75, 3.05) is 10.8 Å². The molecule has 1 N–H and O–H groups in total. The lowest BCUT2D eigenvalue weighted by Gasteiger charge is -2.23. The molecule has 0 bridgehead atoms. The monoisotopic (exact) mass is 439 g/mol. The largest absolute Gasteiger partial charge is 0.271 e. The molecular formula is C23H22FN3O3S. The molecule has 0 spiro atoms. The molecule has 3 rings (SSSR count). The van der Waals surface area contributed by atoms with E-state index in [0.717, 1.165) is 9.87 Å². The van der Waals surface area contributed by atoms with Crippen molar-refractivity contribution in [3.8, 4) is 0 Å². The summed E-state index contributed by atoms with van der Waals surface area (Å²) in [6, 6.07) is 20.4. The van der Waals surface area contributed by atoms with E-state index in [0.29, 0.717) is 17.0 Å². The maximum Gasteiger partial charge on any atom is 0.264 e. The van der Waals surface area contributed by atoms with Gasteiger partial charge < -0.3 is 0 Å². The molecule has 0 fully saturated rings. The number of sulfonamides is 1. The van der Waals surface area contributed by atoms with Crippen LogP contribution in [0.1, 0.15) is 18.1 Å². The van der Waals surface area contributed by atoms with E-state index >= 15 is 0 Å². The summed E-state index contributed by atoms with van der Waals surface area (Å²) >= 11 is 0. The fraction of sp³-hybridized carbons (Fsp3) is 0.130. The zero-order valence-corrected chi connectivity index (χ0v) is 17.9. The van der Waals surface area contributed by atoms with Crippen LogP contribution in [-0.4, -0.2) is 26.6 Å². The molecule has 0 atom stereocenters. The van der Waals surface area contributed by atoms with Gasteiger partial charge in [0.1, 0.15) is 12.4 Å². The summed E-state index contributed by atoms with van der Waals surface area (Å²) in [6.07, 6.45) is 0. The van der Waals surface area contributed by atoms with Crippen molar-refractivity contribution in [3.63, 3.8) is 0 Å². The maximum atomic E-state index is 13.2. The summed E-state index contributed by atoms with van der Waals surface area (Å²) < 4.78 is 40.6. The number of carbonyl (C=O) groups is 1. The van der Waals surface area contributed by atoms with Crippen LogP contribution in [0.5, 0.6) is 0 Å². The van der Waals surface area contributed by atoms with Gasteiger partial charge in [0.2, 0.25) is 0 Å². The van der Waals surface area contributed by atoms with Crippen molar-refractivity contribution in [3.05, 3.63) is 95.8 Å². The standard InChI is InChI=1S/C23H22FN3O3S/c1-17-8-14-21(15-9-17)27(31(29,30)22-6-4-3-5-7-22)16-23(28)26-25-18(2)19-10-12-20(24)13-11-19/h3-15H,16H2,1-2H3,(H,26,28)/b25-18+. The smallest absolute Gasteiger partial charge is 0.264 e. The van der Waals surface area contributed by atoms with E-state index in [2.05, 4.69) is 10.5 Å². The van der Waals surface area contributed by atoms with Gasteiger partial charge >= 0.3 is 0 Å². The zero-order chi connectivity index (χ0) is 22.4. The van der Waals surface area contributed by atoms with Crippen molar-refractivity contribution in [1.29, 1.82) is 0 Å². The van der Waals surface area contributed by atoms with Gasteiger partial charge in [0.15, 0.2) is 0 Å². The average molecular weight is 440 g/mol. The van der Waals surface area contributed by atoms with Gasteiger partial charge in [-0.05, 0) is 55.8 Å². The lowest BCUT2D eigenvalue weighted by Crippen LogP contribution is -2.39. The van der Waals surface area contributed by atoms with Crippen LogP contribution in [0, 0.1) is 12.7 Å². The van der Waals surface area contributed by atoms with Crippen LogP contribution in [-0.2, 0) is 14.8 Å². The van der Waals surface area contributed by atoms with Crippen molar-refractivity contribution < 1.29 is 17.6 Å². The molecule has 0 saturated heterocycles. The Morgan fingerprint density at radius 3 is 2.19 bits per heavy atom.